The van der Waals surface area contributed by atoms with E-state index in [2.05, 4.69) is 31.3 Å². The first-order chi connectivity index (χ1) is 10.6. The van der Waals surface area contributed by atoms with Crippen LogP contribution in [0.25, 0.3) is 5.57 Å². The van der Waals surface area contributed by atoms with Gasteiger partial charge in [-0.15, -0.1) is 10.2 Å². The summed E-state index contributed by atoms with van der Waals surface area (Å²) in [7, 11) is 0. The van der Waals surface area contributed by atoms with Crippen LogP contribution in [0.4, 0.5) is 11.4 Å². The minimum absolute atomic E-state index is 0.0375. The summed E-state index contributed by atoms with van der Waals surface area (Å²) in [5.74, 6) is 0.106. The Hall–Kier alpha value is -3.21. The van der Waals surface area contributed by atoms with E-state index in [4.69, 9.17) is 5.26 Å². The molecule has 0 saturated heterocycles. The number of nitriles is 1. The molecule has 22 heavy (non-hydrogen) atoms. The number of aromatic nitrogens is 4. The van der Waals surface area contributed by atoms with Gasteiger partial charge < -0.3 is 10.6 Å². The number of H-pyrrole nitrogens is 1. The van der Waals surface area contributed by atoms with Crippen molar-refractivity contribution in [2.24, 2.45) is 5.92 Å². The quantitative estimate of drug-likeness (QED) is 0.723. The molecular weight excluding hydrogens is 282 g/mol. The third-order valence-electron chi connectivity index (χ3n) is 2.77. The van der Waals surface area contributed by atoms with Gasteiger partial charge in [-0.25, -0.2) is 0 Å². The molecule has 2 aromatic rings. The van der Waals surface area contributed by atoms with Gasteiger partial charge in [0, 0.05) is 23.5 Å². The average Bonchev–Trinajstić information content (AvgIpc) is 3.03. The van der Waals surface area contributed by atoms with Crippen LogP contribution in [0.2, 0.25) is 0 Å². The van der Waals surface area contributed by atoms with E-state index in [-0.39, 0.29) is 23.2 Å². The fourth-order valence-electron chi connectivity index (χ4n) is 1.51. The average molecular weight is 297 g/mol. The van der Waals surface area contributed by atoms with Crippen molar-refractivity contribution in [3.63, 3.8) is 0 Å². The Balaban J connectivity index is 2.02. The van der Waals surface area contributed by atoms with Crippen molar-refractivity contribution in [3.05, 3.63) is 36.3 Å². The Morgan fingerprint density at radius 1 is 1.32 bits per heavy atom. The van der Waals surface area contributed by atoms with Crippen molar-refractivity contribution in [2.45, 2.75) is 13.8 Å². The number of nitrogens with zero attached hydrogens (tertiary/aromatic N) is 4. The SMILES string of the molecule is CC(C)C(=O)Nc1ccc(N/C=C(\C#N)c2nn[nH]n2)cc1. The van der Waals surface area contributed by atoms with Gasteiger partial charge in [-0.1, -0.05) is 13.8 Å². The third-order valence-corrected chi connectivity index (χ3v) is 2.77. The highest BCUT2D eigenvalue weighted by molar-refractivity contribution is 5.92. The number of rotatable bonds is 5. The minimum Gasteiger partial charge on any atom is -0.360 e. The number of aromatic amines is 1. The monoisotopic (exact) mass is 297 g/mol. The van der Waals surface area contributed by atoms with Crippen LogP contribution in [-0.4, -0.2) is 26.5 Å². The molecule has 1 aromatic carbocycles. The zero-order valence-corrected chi connectivity index (χ0v) is 12.2. The highest BCUT2D eigenvalue weighted by Gasteiger charge is 2.07. The van der Waals surface area contributed by atoms with Crippen LogP contribution in [-0.2, 0) is 4.79 Å². The molecule has 0 spiro atoms. The Labute approximate surface area is 127 Å². The fraction of sp³-hybridized carbons (Fsp3) is 0.214. The number of carbonyl (C=O) groups is 1. The van der Waals surface area contributed by atoms with Crippen molar-refractivity contribution in [3.8, 4) is 6.07 Å². The van der Waals surface area contributed by atoms with Gasteiger partial charge in [-0.05, 0) is 29.5 Å². The van der Waals surface area contributed by atoms with E-state index >= 15 is 0 Å². The topological polar surface area (TPSA) is 119 Å². The molecule has 0 saturated carbocycles. The Morgan fingerprint density at radius 2 is 2.00 bits per heavy atom. The van der Waals surface area contributed by atoms with Gasteiger partial charge in [0.05, 0.1) is 0 Å². The predicted octanol–water partition coefficient (Wildman–Crippen LogP) is 1.77. The van der Waals surface area contributed by atoms with Gasteiger partial charge in [0.2, 0.25) is 11.7 Å². The zero-order valence-electron chi connectivity index (χ0n) is 12.2. The lowest BCUT2D eigenvalue weighted by Crippen LogP contribution is -2.17. The van der Waals surface area contributed by atoms with Gasteiger partial charge in [0.1, 0.15) is 11.6 Å². The highest BCUT2D eigenvalue weighted by Crippen LogP contribution is 2.15. The predicted molar refractivity (Wildman–Crippen MR) is 81.3 cm³/mol. The molecule has 0 radical (unpaired) electrons. The minimum atomic E-state index is -0.0751. The maximum Gasteiger partial charge on any atom is 0.226 e. The molecule has 0 fully saturated rings. The van der Waals surface area contributed by atoms with Gasteiger partial charge >= 0.3 is 0 Å². The summed E-state index contributed by atoms with van der Waals surface area (Å²) in [5, 5.41) is 28.0. The number of hydrogen-bond donors (Lipinski definition) is 3. The Bertz CT molecular complexity index is 696. The van der Waals surface area contributed by atoms with E-state index in [1.807, 2.05) is 19.9 Å². The van der Waals surface area contributed by atoms with E-state index in [0.29, 0.717) is 5.69 Å². The Morgan fingerprint density at radius 3 is 2.55 bits per heavy atom. The highest BCUT2D eigenvalue weighted by atomic mass is 16.1. The van der Waals surface area contributed by atoms with Crippen molar-refractivity contribution in [2.75, 3.05) is 10.6 Å². The first-order valence-electron chi connectivity index (χ1n) is 6.61. The van der Waals surface area contributed by atoms with Gasteiger partial charge in [-0.2, -0.15) is 10.5 Å². The molecule has 1 aromatic heterocycles. The molecule has 0 bridgehead atoms. The van der Waals surface area contributed by atoms with Crippen LogP contribution in [0.5, 0.6) is 0 Å². The van der Waals surface area contributed by atoms with Crippen LogP contribution >= 0.6 is 0 Å². The molecule has 8 heteroatoms. The number of allylic oxidation sites excluding steroid dienone is 1. The molecule has 0 unspecified atom stereocenters. The molecule has 0 aliphatic heterocycles. The smallest absolute Gasteiger partial charge is 0.226 e. The molecule has 2 rings (SSSR count). The van der Waals surface area contributed by atoms with E-state index < -0.39 is 0 Å². The summed E-state index contributed by atoms with van der Waals surface area (Å²) in [4.78, 5) is 11.6. The lowest BCUT2D eigenvalue weighted by molar-refractivity contribution is -0.118. The summed E-state index contributed by atoms with van der Waals surface area (Å²) >= 11 is 0. The molecule has 1 heterocycles. The number of amides is 1. The summed E-state index contributed by atoms with van der Waals surface area (Å²) in [6, 6.07) is 9.11. The van der Waals surface area contributed by atoms with Gasteiger partial charge in [0.15, 0.2) is 0 Å². The largest absolute Gasteiger partial charge is 0.360 e. The molecule has 0 aliphatic carbocycles. The molecular formula is C14H15N7O. The second-order valence-electron chi connectivity index (χ2n) is 4.77. The van der Waals surface area contributed by atoms with Gasteiger partial charge in [-0.3, -0.25) is 4.79 Å². The van der Waals surface area contributed by atoms with E-state index in [0.717, 1.165) is 5.69 Å². The summed E-state index contributed by atoms with van der Waals surface area (Å²) in [6.07, 6.45) is 1.49. The maximum atomic E-state index is 11.6. The van der Waals surface area contributed by atoms with Crippen molar-refractivity contribution in [1.82, 2.24) is 20.6 Å². The molecule has 112 valence electrons. The van der Waals surface area contributed by atoms with Crippen LogP contribution in [0.3, 0.4) is 0 Å². The maximum absolute atomic E-state index is 11.6. The second-order valence-corrected chi connectivity index (χ2v) is 4.77. The number of anilines is 2. The van der Waals surface area contributed by atoms with E-state index in [1.54, 1.807) is 24.3 Å². The normalized spacial score (nSPS) is 11.1. The van der Waals surface area contributed by atoms with Crippen LogP contribution < -0.4 is 10.6 Å². The van der Waals surface area contributed by atoms with Crippen LogP contribution in [0.15, 0.2) is 30.5 Å². The molecule has 0 aliphatic rings. The molecule has 8 nitrogen and oxygen atoms in total. The number of hydrogen-bond acceptors (Lipinski definition) is 6. The van der Waals surface area contributed by atoms with Crippen molar-refractivity contribution < 1.29 is 4.79 Å². The zero-order chi connectivity index (χ0) is 15.9. The molecule has 0 atom stereocenters. The van der Waals surface area contributed by atoms with E-state index in [9.17, 15) is 4.79 Å². The second kappa shape index (κ2) is 6.99. The van der Waals surface area contributed by atoms with Gasteiger partial charge in [0.25, 0.3) is 0 Å². The summed E-state index contributed by atoms with van der Waals surface area (Å²) < 4.78 is 0. The van der Waals surface area contributed by atoms with Crippen LogP contribution in [0.1, 0.15) is 19.7 Å². The first kappa shape index (κ1) is 15.2. The van der Waals surface area contributed by atoms with E-state index in [1.165, 1.54) is 6.20 Å². The standard InChI is InChI=1S/C14H15N7O/c1-9(2)14(22)17-12-5-3-11(4-6-12)16-8-10(7-15)13-18-20-21-19-13/h3-6,8-9,16H,1-2H3,(H,17,22)(H,18,19,20,21)/b10-8+. The number of carbonyl (C=O) groups excluding carboxylic acids is 1. The molecule has 1 amide bonds. The fourth-order valence-corrected chi connectivity index (χ4v) is 1.51. The summed E-state index contributed by atoms with van der Waals surface area (Å²) in [5.41, 5.74) is 1.73. The number of nitrogens with one attached hydrogen (secondary N) is 3. The lowest BCUT2D eigenvalue weighted by atomic mass is 10.2. The number of tetrazole rings is 1. The summed E-state index contributed by atoms with van der Waals surface area (Å²) in [6.45, 7) is 3.66. The molecule has 3 N–H and O–H groups in total. The van der Waals surface area contributed by atoms with Crippen molar-refractivity contribution >= 4 is 22.9 Å². The Kier molecular flexibility index (Phi) is 4.82. The number of benzene rings is 1. The van der Waals surface area contributed by atoms with Crippen LogP contribution in [0, 0.1) is 17.2 Å². The first-order valence-corrected chi connectivity index (χ1v) is 6.61. The van der Waals surface area contributed by atoms with Crippen molar-refractivity contribution in [1.29, 1.82) is 5.26 Å². The third kappa shape index (κ3) is 3.89. The lowest BCUT2D eigenvalue weighted by Gasteiger charge is -2.08.